The van der Waals surface area contributed by atoms with Gasteiger partial charge in [0.05, 0.1) is 35.9 Å². The van der Waals surface area contributed by atoms with Crippen LogP contribution in [-0.4, -0.2) is 46.2 Å². The van der Waals surface area contributed by atoms with Crippen molar-refractivity contribution in [3.63, 3.8) is 0 Å². The van der Waals surface area contributed by atoms with Gasteiger partial charge in [0.1, 0.15) is 29.6 Å². The summed E-state index contributed by atoms with van der Waals surface area (Å²) in [6.07, 6.45) is 1.25. The van der Waals surface area contributed by atoms with Gasteiger partial charge in [-0.15, -0.1) is 0 Å². The molecule has 12 nitrogen and oxygen atoms in total. The van der Waals surface area contributed by atoms with Crippen LogP contribution in [0.3, 0.4) is 0 Å². The van der Waals surface area contributed by atoms with Crippen molar-refractivity contribution in [2.24, 2.45) is 5.10 Å². The number of hydrazone groups is 1. The lowest BCUT2D eigenvalue weighted by Gasteiger charge is -2.25. The number of nitro groups is 1. The maximum Gasteiger partial charge on any atom is 0.269 e. The molecule has 1 heterocycles. The Labute approximate surface area is 229 Å². The molecule has 0 saturated heterocycles. The summed E-state index contributed by atoms with van der Waals surface area (Å²) in [4.78, 5) is 23.2. The molecule has 4 aromatic rings. The lowest BCUT2D eigenvalue weighted by atomic mass is 10.1. The van der Waals surface area contributed by atoms with Crippen LogP contribution in [0.4, 0.5) is 11.4 Å². The molecule has 40 heavy (non-hydrogen) atoms. The van der Waals surface area contributed by atoms with E-state index in [4.69, 9.17) is 13.9 Å². The first-order valence-corrected chi connectivity index (χ1v) is 13.1. The molecule has 1 amide bonds. The van der Waals surface area contributed by atoms with Gasteiger partial charge in [-0.3, -0.25) is 19.2 Å². The number of benzene rings is 3. The third kappa shape index (κ3) is 6.27. The van der Waals surface area contributed by atoms with Crippen molar-refractivity contribution in [3.8, 4) is 22.8 Å². The number of hydrogen-bond acceptors (Lipinski definition) is 9. The second-order valence-corrected chi connectivity index (χ2v) is 10.0. The zero-order valence-corrected chi connectivity index (χ0v) is 22.2. The van der Waals surface area contributed by atoms with E-state index in [1.807, 2.05) is 0 Å². The molecule has 0 aliphatic rings. The highest BCUT2D eigenvalue weighted by atomic mass is 32.2. The Morgan fingerprint density at radius 3 is 2.40 bits per heavy atom. The third-order valence-corrected chi connectivity index (χ3v) is 7.42. The van der Waals surface area contributed by atoms with Crippen LogP contribution in [0.15, 0.2) is 99.3 Å². The number of carbonyl (C=O) groups excluding carboxylic acids is 1. The molecule has 206 valence electrons. The third-order valence-electron chi connectivity index (χ3n) is 5.64. The van der Waals surface area contributed by atoms with Crippen molar-refractivity contribution in [1.82, 2.24) is 5.43 Å². The molecule has 0 aliphatic heterocycles. The minimum atomic E-state index is -4.18. The SMILES string of the molecule is COc1ccc(N(CC(=O)N/N=C\c2ccc(-c3ccc([N+](=O)[O-])cc3)o2)S(=O)(=O)c2ccccc2)c(OC)c1. The lowest BCUT2D eigenvalue weighted by molar-refractivity contribution is -0.384. The van der Waals surface area contributed by atoms with Gasteiger partial charge in [-0.1, -0.05) is 18.2 Å². The maximum absolute atomic E-state index is 13.6. The second kappa shape index (κ2) is 12.1. The normalized spacial score (nSPS) is 11.2. The van der Waals surface area contributed by atoms with Crippen LogP contribution < -0.4 is 19.2 Å². The zero-order valence-electron chi connectivity index (χ0n) is 21.4. The van der Waals surface area contributed by atoms with Gasteiger partial charge in [-0.05, 0) is 48.5 Å². The van der Waals surface area contributed by atoms with Gasteiger partial charge < -0.3 is 13.9 Å². The fraction of sp³-hybridized carbons (Fsp3) is 0.111. The highest BCUT2D eigenvalue weighted by molar-refractivity contribution is 7.92. The quantitative estimate of drug-likeness (QED) is 0.161. The number of nitro benzene ring substituents is 1. The predicted molar refractivity (Wildman–Crippen MR) is 147 cm³/mol. The number of amides is 1. The number of methoxy groups -OCH3 is 2. The first-order valence-electron chi connectivity index (χ1n) is 11.7. The summed E-state index contributed by atoms with van der Waals surface area (Å²) in [6.45, 7) is -0.608. The Hall–Kier alpha value is -5.17. The van der Waals surface area contributed by atoms with E-state index < -0.39 is 27.4 Å². The second-order valence-electron chi connectivity index (χ2n) is 8.16. The average molecular weight is 565 g/mol. The zero-order chi connectivity index (χ0) is 28.7. The van der Waals surface area contributed by atoms with Gasteiger partial charge in [0.15, 0.2) is 0 Å². The van der Waals surface area contributed by atoms with Gasteiger partial charge in [0.2, 0.25) is 0 Å². The van der Waals surface area contributed by atoms with Gasteiger partial charge >= 0.3 is 0 Å². The van der Waals surface area contributed by atoms with Crippen molar-refractivity contribution in [1.29, 1.82) is 0 Å². The molecular weight excluding hydrogens is 540 g/mol. The summed E-state index contributed by atoms with van der Waals surface area (Å²) >= 11 is 0. The first kappa shape index (κ1) is 27.9. The highest BCUT2D eigenvalue weighted by Crippen LogP contribution is 2.35. The molecule has 0 unspecified atom stereocenters. The van der Waals surface area contributed by atoms with Crippen molar-refractivity contribution < 1.29 is 32.0 Å². The Balaban J connectivity index is 1.52. The van der Waals surface area contributed by atoms with Gasteiger partial charge in [-0.2, -0.15) is 5.10 Å². The molecule has 0 atom stereocenters. The van der Waals surface area contributed by atoms with E-state index in [0.29, 0.717) is 22.8 Å². The number of rotatable bonds is 11. The summed E-state index contributed by atoms with van der Waals surface area (Å²) in [6, 6.07) is 21.3. The Bertz CT molecular complexity index is 1630. The smallest absolute Gasteiger partial charge is 0.269 e. The summed E-state index contributed by atoms with van der Waals surface area (Å²) in [5.74, 6) is 0.632. The Morgan fingerprint density at radius 2 is 1.75 bits per heavy atom. The lowest BCUT2D eigenvalue weighted by Crippen LogP contribution is -2.39. The molecule has 0 spiro atoms. The number of ether oxygens (including phenoxy) is 2. The van der Waals surface area contributed by atoms with Crippen LogP contribution in [0.25, 0.3) is 11.3 Å². The van der Waals surface area contributed by atoms with E-state index in [1.165, 1.54) is 56.8 Å². The topological polar surface area (TPSA) is 154 Å². The predicted octanol–water partition coefficient (Wildman–Crippen LogP) is 4.22. The first-order chi connectivity index (χ1) is 19.2. The van der Waals surface area contributed by atoms with E-state index in [0.717, 1.165) is 4.31 Å². The monoisotopic (exact) mass is 564 g/mol. The largest absolute Gasteiger partial charge is 0.497 e. The Kier molecular flexibility index (Phi) is 8.45. The minimum absolute atomic E-state index is 0.0152. The summed E-state index contributed by atoms with van der Waals surface area (Å²) in [5.41, 5.74) is 3.01. The van der Waals surface area contributed by atoms with E-state index in [-0.39, 0.29) is 22.0 Å². The molecular formula is C27H24N4O8S. The van der Waals surface area contributed by atoms with E-state index >= 15 is 0 Å². The molecule has 0 radical (unpaired) electrons. The van der Waals surface area contributed by atoms with Crippen molar-refractivity contribution in [2.45, 2.75) is 4.90 Å². The van der Waals surface area contributed by atoms with Crippen LogP contribution in [0, 0.1) is 10.1 Å². The standard InChI is InChI=1S/C27H24N4O8S/c1-37-21-12-14-24(26(16-21)38-2)30(40(35,36)23-6-4-3-5-7-23)18-27(32)29-28-17-22-13-15-25(39-22)19-8-10-20(11-9-19)31(33)34/h3-17H,18H2,1-2H3,(H,29,32)/b28-17-. The molecule has 3 aromatic carbocycles. The summed E-state index contributed by atoms with van der Waals surface area (Å²) < 4.78 is 44.3. The number of non-ortho nitro benzene ring substituents is 1. The highest BCUT2D eigenvalue weighted by Gasteiger charge is 2.29. The number of furan rings is 1. The number of carbonyl (C=O) groups is 1. The van der Waals surface area contributed by atoms with Crippen LogP contribution in [0.1, 0.15) is 5.76 Å². The fourth-order valence-corrected chi connectivity index (χ4v) is 5.12. The molecule has 1 N–H and O–H groups in total. The van der Waals surface area contributed by atoms with Crippen molar-refractivity contribution in [2.75, 3.05) is 25.1 Å². The number of nitrogens with zero attached hydrogens (tertiary/aromatic N) is 3. The van der Waals surface area contributed by atoms with Gasteiger partial charge in [-0.25, -0.2) is 13.8 Å². The van der Waals surface area contributed by atoms with Gasteiger partial charge in [0, 0.05) is 23.8 Å². The van der Waals surface area contributed by atoms with E-state index in [9.17, 15) is 23.3 Å². The molecule has 13 heteroatoms. The summed E-state index contributed by atoms with van der Waals surface area (Å²) in [5, 5.41) is 14.7. The van der Waals surface area contributed by atoms with E-state index in [1.54, 1.807) is 48.5 Å². The number of nitrogens with one attached hydrogen (secondary N) is 1. The maximum atomic E-state index is 13.6. The number of hydrogen-bond donors (Lipinski definition) is 1. The molecule has 0 aliphatic carbocycles. The van der Waals surface area contributed by atoms with Crippen LogP contribution in [0.2, 0.25) is 0 Å². The van der Waals surface area contributed by atoms with Crippen molar-refractivity contribution in [3.05, 3.63) is 101 Å². The molecule has 0 saturated carbocycles. The minimum Gasteiger partial charge on any atom is -0.497 e. The Morgan fingerprint density at radius 1 is 1.02 bits per heavy atom. The fourth-order valence-electron chi connectivity index (χ4n) is 3.67. The van der Waals surface area contributed by atoms with Crippen LogP contribution >= 0.6 is 0 Å². The number of anilines is 1. The van der Waals surface area contributed by atoms with Crippen LogP contribution in [0.5, 0.6) is 11.5 Å². The molecule has 1 aromatic heterocycles. The molecule has 0 fully saturated rings. The molecule has 0 bridgehead atoms. The van der Waals surface area contributed by atoms with E-state index in [2.05, 4.69) is 10.5 Å². The number of sulfonamides is 1. The summed E-state index contributed by atoms with van der Waals surface area (Å²) in [7, 11) is -1.33. The van der Waals surface area contributed by atoms with Crippen molar-refractivity contribution >= 4 is 33.5 Å². The van der Waals surface area contributed by atoms with Crippen LogP contribution in [-0.2, 0) is 14.8 Å². The average Bonchev–Trinajstić information content (AvgIpc) is 3.45. The molecule has 4 rings (SSSR count). The van der Waals surface area contributed by atoms with Gasteiger partial charge in [0.25, 0.3) is 21.6 Å².